The Balaban J connectivity index is 3.07. The Morgan fingerprint density at radius 3 is 2.41 bits per heavy atom. The van der Waals surface area contributed by atoms with Gasteiger partial charge in [0.1, 0.15) is 30.5 Å². The van der Waals surface area contributed by atoms with Crippen molar-refractivity contribution in [2.75, 3.05) is 27.4 Å². The smallest absolute Gasteiger partial charge is 0.336 e. The summed E-state index contributed by atoms with van der Waals surface area (Å²) in [4.78, 5) is 38.9. The molecule has 4 N–H and O–H groups in total. The number of aliphatic hydroxyl groups excluding tert-OH is 2. The van der Waals surface area contributed by atoms with Gasteiger partial charge in [0.15, 0.2) is 25.0 Å². The first kappa shape index (κ1) is 25.5. The van der Waals surface area contributed by atoms with Crippen LogP contribution >= 0.6 is 0 Å². The van der Waals surface area contributed by atoms with Gasteiger partial charge in [0, 0.05) is 14.2 Å². The Morgan fingerprint density at radius 1 is 1.28 bits per heavy atom. The van der Waals surface area contributed by atoms with Crippen LogP contribution in [0.2, 0.25) is 0 Å². The molecule has 0 aromatic rings. The molecule has 1 heterocycles. The number of hydrogen-bond acceptors (Lipinski definition) is 12. The molecule has 0 aliphatic carbocycles. The Morgan fingerprint density at radius 2 is 1.97 bits per heavy atom. The van der Waals surface area contributed by atoms with E-state index in [1.807, 2.05) is 0 Å². The lowest BCUT2D eigenvalue weighted by Gasteiger charge is -2.44. The SMILES string of the molecule is CCONC1C(OC)OC(CO)C(O)C1OC(C=O)OC(C(=O)O)C(C=O)OC. The molecule has 13 nitrogen and oxygen atoms in total. The fraction of sp³-hybridized carbons (Fsp3) is 0.812. The molecule has 8 atom stereocenters. The van der Waals surface area contributed by atoms with E-state index in [9.17, 15) is 29.7 Å². The highest BCUT2D eigenvalue weighted by Crippen LogP contribution is 2.25. The Bertz CT molecular complexity index is 520. The maximum Gasteiger partial charge on any atom is 0.336 e. The van der Waals surface area contributed by atoms with Crippen LogP contribution in [0.15, 0.2) is 0 Å². The molecule has 0 radical (unpaired) electrons. The lowest BCUT2D eigenvalue weighted by molar-refractivity contribution is -0.306. The number of nitrogens with one attached hydrogen (secondary N) is 1. The molecule has 29 heavy (non-hydrogen) atoms. The highest BCUT2D eigenvalue weighted by atomic mass is 16.7. The van der Waals surface area contributed by atoms with Gasteiger partial charge in [0.25, 0.3) is 0 Å². The predicted molar refractivity (Wildman–Crippen MR) is 91.4 cm³/mol. The third kappa shape index (κ3) is 6.74. The summed E-state index contributed by atoms with van der Waals surface area (Å²) in [6, 6.07) is -0.989. The van der Waals surface area contributed by atoms with Gasteiger partial charge in [-0.1, -0.05) is 0 Å². The Hall–Kier alpha value is -1.55. The van der Waals surface area contributed by atoms with Crippen LogP contribution < -0.4 is 5.48 Å². The van der Waals surface area contributed by atoms with Crippen LogP contribution in [-0.4, -0.2) is 110 Å². The van der Waals surface area contributed by atoms with Crippen molar-refractivity contribution in [3.63, 3.8) is 0 Å². The van der Waals surface area contributed by atoms with Crippen LogP contribution in [0, 0.1) is 0 Å². The van der Waals surface area contributed by atoms with Crippen molar-refractivity contribution < 1.29 is 58.2 Å². The second-order valence-electron chi connectivity index (χ2n) is 5.86. The van der Waals surface area contributed by atoms with Crippen molar-refractivity contribution in [1.29, 1.82) is 0 Å². The first-order chi connectivity index (χ1) is 13.9. The fourth-order valence-electron chi connectivity index (χ4n) is 2.66. The average molecular weight is 425 g/mol. The summed E-state index contributed by atoms with van der Waals surface area (Å²) in [5.41, 5.74) is 2.56. The van der Waals surface area contributed by atoms with Crippen LogP contribution in [-0.2, 0) is 42.9 Å². The third-order valence-corrected chi connectivity index (χ3v) is 4.08. The fourth-order valence-corrected chi connectivity index (χ4v) is 2.66. The second kappa shape index (κ2) is 12.9. The molecule has 0 saturated carbocycles. The molecule has 8 unspecified atom stereocenters. The van der Waals surface area contributed by atoms with Crippen molar-refractivity contribution in [2.24, 2.45) is 0 Å². The normalized spacial score (nSPS) is 30.3. The number of hydroxylamine groups is 1. The minimum atomic E-state index is -1.85. The minimum absolute atomic E-state index is 0.142. The average Bonchev–Trinajstić information content (AvgIpc) is 2.72. The van der Waals surface area contributed by atoms with Crippen molar-refractivity contribution in [3.8, 4) is 0 Å². The van der Waals surface area contributed by atoms with Crippen LogP contribution in [0.25, 0.3) is 0 Å². The quantitative estimate of drug-likeness (QED) is 0.128. The monoisotopic (exact) mass is 425 g/mol. The molecular formula is C16H27NO12. The van der Waals surface area contributed by atoms with Gasteiger partial charge in [-0.15, -0.1) is 0 Å². The molecule has 0 aromatic heterocycles. The van der Waals surface area contributed by atoms with Crippen molar-refractivity contribution in [1.82, 2.24) is 5.48 Å². The van der Waals surface area contributed by atoms with E-state index >= 15 is 0 Å². The van der Waals surface area contributed by atoms with Gasteiger partial charge >= 0.3 is 5.97 Å². The zero-order chi connectivity index (χ0) is 22.0. The van der Waals surface area contributed by atoms with Gasteiger partial charge in [-0.3, -0.25) is 4.79 Å². The van der Waals surface area contributed by atoms with Crippen molar-refractivity contribution in [3.05, 3.63) is 0 Å². The van der Waals surface area contributed by atoms with E-state index < -0.39 is 61.7 Å². The van der Waals surface area contributed by atoms with E-state index in [1.54, 1.807) is 6.92 Å². The lowest BCUT2D eigenvalue weighted by Crippen LogP contribution is -2.65. The number of aldehydes is 2. The molecule has 0 spiro atoms. The number of aliphatic hydroxyl groups is 2. The molecule has 0 amide bonds. The summed E-state index contributed by atoms with van der Waals surface area (Å²) >= 11 is 0. The summed E-state index contributed by atoms with van der Waals surface area (Å²) in [5, 5.41) is 29.1. The third-order valence-electron chi connectivity index (χ3n) is 4.08. The van der Waals surface area contributed by atoms with Crippen LogP contribution in [0.3, 0.4) is 0 Å². The maximum atomic E-state index is 11.4. The highest BCUT2D eigenvalue weighted by Gasteiger charge is 2.48. The summed E-state index contributed by atoms with van der Waals surface area (Å²) in [6.45, 7) is 1.31. The number of methoxy groups -OCH3 is 2. The van der Waals surface area contributed by atoms with Gasteiger partial charge < -0.3 is 48.6 Å². The number of carbonyl (C=O) groups is 3. The van der Waals surface area contributed by atoms with Crippen molar-refractivity contribution in [2.45, 2.75) is 56.1 Å². The number of carboxylic acids is 1. The van der Waals surface area contributed by atoms with Gasteiger partial charge in [-0.05, 0) is 6.92 Å². The largest absolute Gasteiger partial charge is 0.479 e. The van der Waals surface area contributed by atoms with Gasteiger partial charge in [-0.2, -0.15) is 5.48 Å². The van der Waals surface area contributed by atoms with E-state index in [-0.39, 0.29) is 19.2 Å². The van der Waals surface area contributed by atoms with Crippen molar-refractivity contribution >= 4 is 18.5 Å². The van der Waals surface area contributed by atoms with Crippen LogP contribution in [0.1, 0.15) is 6.92 Å². The summed E-state index contributed by atoms with van der Waals surface area (Å²) in [7, 11) is 2.39. The Kier molecular flexibility index (Phi) is 11.3. The van der Waals surface area contributed by atoms with Crippen LogP contribution in [0.5, 0.6) is 0 Å². The molecule has 0 aromatic carbocycles. The summed E-state index contributed by atoms with van der Waals surface area (Å²) in [5.74, 6) is -1.57. The molecule has 13 heteroatoms. The van der Waals surface area contributed by atoms with E-state index in [2.05, 4.69) is 5.48 Å². The van der Waals surface area contributed by atoms with Crippen LogP contribution in [0.4, 0.5) is 0 Å². The number of aliphatic carboxylic acids is 1. The van der Waals surface area contributed by atoms with Gasteiger partial charge in [0.05, 0.1) is 13.2 Å². The first-order valence-electron chi connectivity index (χ1n) is 8.69. The second-order valence-corrected chi connectivity index (χ2v) is 5.86. The minimum Gasteiger partial charge on any atom is -0.479 e. The molecule has 168 valence electrons. The van der Waals surface area contributed by atoms with E-state index in [1.165, 1.54) is 7.11 Å². The number of carboxylic acid groups (broad SMARTS) is 1. The zero-order valence-electron chi connectivity index (χ0n) is 16.2. The number of ether oxygens (including phenoxy) is 5. The maximum absolute atomic E-state index is 11.4. The topological polar surface area (TPSA) is 179 Å². The molecule has 1 saturated heterocycles. The van der Waals surface area contributed by atoms with E-state index in [0.717, 1.165) is 7.11 Å². The standard InChI is InChI=1S/C16H27NO12/c1-4-26-17-11-14(12(21)8(5-18)27-16(11)25-3)29-10(7-20)28-13(15(22)23)9(6-19)24-2/h6-14,16-18,21H,4-5H2,1-3H3,(H,22,23). The molecule has 0 bridgehead atoms. The van der Waals surface area contributed by atoms with E-state index in [0.29, 0.717) is 0 Å². The highest BCUT2D eigenvalue weighted by molar-refractivity contribution is 5.78. The summed E-state index contributed by atoms with van der Waals surface area (Å²) < 4.78 is 25.8. The van der Waals surface area contributed by atoms with Gasteiger partial charge in [-0.25, -0.2) is 4.79 Å². The molecule has 1 rings (SSSR count). The Labute approximate surface area is 166 Å². The first-order valence-corrected chi connectivity index (χ1v) is 8.69. The van der Waals surface area contributed by atoms with E-state index in [4.69, 9.17) is 28.5 Å². The molecule has 1 aliphatic heterocycles. The number of rotatable bonds is 14. The molecular weight excluding hydrogens is 398 g/mol. The number of carbonyl (C=O) groups excluding carboxylic acids is 2. The predicted octanol–water partition coefficient (Wildman–Crippen LogP) is -2.79. The molecule has 1 fully saturated rings. The lowest BCUT2D eigenvalue weighted by atomic mass is 9.97. The van der Waals surface area contributed by atoms with Gasteiger partial charge in [0.2, 0.25) is 6.29 Å². The summed E-state index contributed by atoms with van der Waals surface area (Å²) in [6.07, 6.45) is -9.78. The zero-order valence-corrected chi connectivity index (χ0v) is 16.2. The number of hydrogen-bond donors (Lipinski definition) is 4. The molecule has 1 aliphatic rings.